The van der Waals surface area contributed by atoms with Gasteiger partial charge in [0.05, 0.1) is 6.10 Å². The summed E-state index contributed by atoms with van der Waals surface area (Å²) in [4.78, 5) is 0. The number of tetrazole rings is 1. The number of nitrogens with zero attached hydrogens (tertiary/aromatic N) is 4. The third kappa shape index (κ3) is 3.96. The Balaban J connectivity index is 1.83. The van der Waals surface area contributed by atoms with Crippen molar-refractivity contribution in [1.82, 2.24) is 20.2 Å². The first-order valence-electron chi connectivity index (χ1n) is 6.26. The van der Waals surface area contributed by atoms with Gasteiger partial charge in [0.2, 0.25) is 5.16 Å². The molecule has 0 bridgehead atoms. The molecule has 1 aliphatic rings. The third-order valence-electron chi connectivity index (χ3n) is 2.71. The van der Waals surface area contributed by atoms with Crippen LogP contribution in [0.15, 0.2) is 5.16 Å². The van der Waals surface area contributed by atoms with Crippen molar-refractivity contribution < 1.29 is 4.74 Å². The molecule has 0 radical (unpaired) electrons. The minimum atomic E-state index is 0.373. The summed E-state index contributed by atoms with van der Waals surface area (Å²) in [6.45, 7) is 6.11. The SMILES string of the molecule is CC(C)Cn1nnnc1SC[C@@H]1CCCCO1. The van der Waals surface area contributed by atoms with E-state index in [9.17, 15) is 0 Å². The maximum absolute atomic E-state index is 5.70. The van der Waals surface area contributed by atoms with Crippen LogP contribution in [-0.2, 0) is 11.3 Å². The number of aromatic nitrogens is 4. The molecule has 0 aliphatic carbocycles. The fourth-order valence-electron chi connectivity index (χ4n) is 1.87. The predicted molar refractivity (Wildman–Crippen MR) is 67.0 cm³/mol. The molecule has 1 saturated heterocycles. The normalized spacial score (nSPS) is 21.0. The topological polar surface area (TPSA) is 52.8 Å². The highest BCUT2D eigenvalue weighted by Crippen LogP contribution is 2.21. The van der Waals surface area contributed by atoms with E-state index in [-0.39, 0.29) is 0 Å². The summed E-state index contributed by atoms with van der Waals surface area (Å²) >= 11 is 1.70. The Morgan fingerprint density at radius 2 is 2.35 bits per heavy atom. The van der Waals surface area contributed by atoms with Gasteiger partial charge in [-0.2, -0.15) is 0 Å². The van der Waals surface area contributed by atoms with Gasteiger partial charge in [0, 0.05) is 18.9 Å². The number of hydrogen-bond acceptors (Lipinski definition) is 5. The molecule has 2 rings (SSSR count). The van der Waals surface area contributed by atoms with E-state index in [1.165, 1.54) is 19.3 Å². The fraction of sp³-hybridized carbons (Fsp3) is 0.909. The second kappa shape index (κ2) is 6.35. The van der Waals surface area contributed by atoms with Crippen LogP contribution in [0.4, 0.5) is 0 Å². The highest BCUT2D eigenvalue weighted by atomic mass is 32.2. The first-order chi connectivity index (χ1) is 8.25. The lowest BCUT2D eigenvalue weighted by molar-refractivity contribution is 0.0315. The molecule has 0 saturated carbocycles. The monoisotopic (exact) mass is 256 g/mol. The lowest BCUT2D eigenvalue weighted by Crippen LogP contribution is -2.21. The Kier molecular flexibility index (Phi) is 4.79. The molecule has 0 unspecified atom stereocenters. The fourth-order valence-corrected chi connectivity index (χ4v) is 2.82. The van der Waals surface area contributed by atoms with Crippen LogP contribution < -0.4 is 0 Å². The molecular weight excluding hydrogens is 236 g/mol. The van der Waals surface area contributed by atoms with E-state index in [4.69, 9.17) is 4.74 Å². The van der Waals surface area contributed by atoms with Crippen molar-refractivity contribution >= 4 is 11.8 Å². The molecule has 1 fully saturated rings. The van der Waals surface area contributed by atoms with E-state index >= 15 is 0 Å². The summed E-state index contributed by atoms with van der Waals surface area (Å²) in [7, 11) is 0. The minimum Gasteiger partial charge on any atom is -0.377 e. The van der Waals surface area contributed by atoms with E-state index in [0.717, 1.165) is 24.1 Å². The van der Waals surface area contributed by atoms with Crippen LogP contribution in [0.3, 0.4) is 0 Å². The Hall–Kier alpha value is -0.620. The number of hydrogen-bond donors (Lipinski definition) is 0. The van der Waals surface area contributed by atoms with Crippen LogP contribution in [0, 0.1) is 5.92 Å². The van der Waals surface area contributed by atoms with Crippen LogP contribution in [0.5, 0.6) is 0 Å². The Labute approximate surface area is 106 Å². The van der Waals surface area contributed by atoms with Crippen molar-refractivity contribution in [2.24, 2.45) is 5.92 Å². The molecule has 6 heteroatoms. The predicted octanol–water partition coefficient (Wildman–Crippen LogP) is 1.99. The molecule has 2 heterocycles. The average Bonchev–Trinajstić information content (AvgIpc) is 2.74. The van der Waals surface area contributed by atoms with Crippen LogP contribution in [0.2, 0.25) is 0 Å². The maximum atomic E-state index is 5.70. The van der Waals surface area contributed by atoms with Crippen LogP contribution in [0.25, 0.3) is 0 Å². The standard InChI is InChI=1S/C11H20N4OS/c1-9(2)7-15-11(12-13-14-15)17-8-10-5-3-4-6-16-10/h9-10H,3-8H2,1-2H3/t10-/m0/s1. The van der Waals surface area contributed by atoms with Gasteiger partial charge >= 0.3 is 0 Å². The smallest absolute Gasteiger partial charge is 0.209 e. The Bertz CT molecular complexity index is 336. The number of thioether (sulfide) groups is 1. The van der Waals surface area contributed by atoms with Gasteiger partial charge in [-0.3, -0.25) is 0 Å². The summed E-state index contributed by atoms with van der Waals surface area (Å²) < 4.78 is 7.59. The molecule has 96 valence electrons. The first kappa shape index (κ1) is 12.8. The van der Waals surface area contributed by atoms with Crippen molar-refractivity contribution in [3.05, 3.63) is 0 Å². The van der Waals surface area contributed by atoms with Gasteiger partial charge in [-0.25, -0.2) is 4.68 Å². The third-order valence-corrected chi connectivity index (χ3v) is 3.80. The van der Waals surface area contributed by atoms with Gasteiger partial charge in [-0.05, 0) is 35.6 Å². The molecule has 1 atom stereocenters. The van der Waals surface area contributed by atoms with Gasteiger partial charge in [-0.1, -0.05) is 25.6 Å². The average molecular weight is 256 g/mol. The van der Waals surface area contributed by atoms with E-state index < -0.39 is 0 Å². The zero-order chi connectivity index (χ0) is 12.1. The van der Waals surface area contributed by atoms with Crippen LogP contribution >= 0.6 is 11.8 Å². The molecule has 0 N–H and O–H groups in total. The Morgan fingerprint density at radius 1 is 1.47 bits per heavy atom. The molecule has 17 heavy (non-hydrogen) atoms. The van der Waals surface area contributed by atoms with E-state index in [0.29, 0.717) is 12.0 Å². The maximum Gasteiger partial charge on any atom is 0.209 e. The first-order valence-corrected chi connectivity index (χ1v) is 7.25. The highest BCUT2D eigenvalue weighted by molar-refractivity contribution is 7.99. The number of ether oxygens (including phenoxy) is 1. The highest BCUT2D eigenvalue weighted by Gasteiger charge is 2.16. The van der Waals surface area contributed by atoms with E-state index in [1.54, 1.807) is 11.8 Å². The van der Waals surface area contributed by atoms with Gasteiger partial charge < -0.3 is 4.74 Å². The second-order valence-electron chi connectivity index (χ2n) is 4.84. The molecule has 1 aliphatic heterocycles. The second-order valence-corrected chi connectivity index (χ2v) is 5.82. The Morgan fingerprint density at radius 3 is 3.06 bits per heavy atom. The molecule has 0 spiro atoms. The summed E-state index contributed by atoms with van der Waals surface area (Å²) in [5, 5.41) is 12.7. The van der Waals surface area contributed by atoms with Crippen LogP contribution in [0.1, 0.15) is 33.1 Å². The van der Waals surface area contributed by atoms with Gasteiger partial charge in [0.1, 0.15) is 0 Å². The summed E-state index contributed by atoms with van der Waals surface area (Å²) in [5.41, 5.74) is 0. The molecule has 5 nitrogen and oxygen atoms in total. The van der Waals surface area contributed by atoms with Crippen molar-refractivity contribution in [3.8, 4) is 0 Å². The molecule has 1 aromatic rings. The van der Waals surface area contributed by atoms with Crippen molar-refractivity contribution in [2.45, 2.75) is 50.9 Å². The van der Waals surface area contributed by atoms with Gasteiger partial charge in [0.25, 0.3) is 0 Å². The van der Waals surface area contributed by atoms with Crippen molar-refractivity contribution in [1.29, 1.82) is 0 Å². The summed E-state index contributed by atoms with van der Waals surface area (Å²) in [6, 6.07) is 0. The molecule has 0 aromatic carbocycles. The van der Waals surface area contributed by atoms with E-state index in [1.807, 2.05) is 4.68 Å². The zero-order valence-corrected chi connectivity index (χ0v) is 11.3. The molecule has 1 aromatic heterocycles. The van der Waals surface area contributed by atoms with Crippen molar-refractivity contribution in [3.63, 3.8) is 0 Å². The lowest BCUT2D eigenvalue weighted by atomic mass is 10.1. The summed E-state index contributed by atoms with van der Waals surface area (Å²) in [6.07, 6.45) is 4.02. The molecule has 0 amide bonds. The summed E-state index contributed by atoms with van der Waals surface area (Å²) in [5.74, 6) is 1.52. The number of rotatable bonds is 5. The van der Waals surface area contributed by atoms with Crippen molar-refractivity contribution in [2.75, 3.05) is 12.4 Å². The van der Waals surface area contributed by atoms with E-state index in [2.05, 4.69) is 29.4 Å². The quantitative estimate of drug-likeness (QED) is 0.754. The van der Waals surface area contributed by atoms with Gasteiger partial charge in [0.15, 0.2) is 0 Å². The van der Waals surface area contributed by atoms with Gasteiger partial charge in [-0.15, -0.1) is 5.10 Å². The molecular formula is C11H20N4OS. The lowest BCUT2D eigenvalue weighted by Gasteiger charge is -2.21. The van der Waals surface area contributed by atoms with Crippen LogP contribution in [-0.4, -0.2) is 38.7 Å². The minimum absolute atomic E-state index is 0.373. The largest absolute Gasteiger partial charge is 0.377 e. The zero-order valence-electron chi connectivity index (χ0n) is 10.5.